The van der Waals surface area contributed by atoms with E-state index < -0.39 is 5.97 Å². The summed E-state index contributed by atoms with van der Waals surface area (Å²) < 4.78 is 0. The van der Waals surface area contributed by atoms with Gasteiger partial charge in [0.25, 0.3) is 0 Å². The van der Waals surface area contributed by atoms with Gasteiger partial charge in [0.1, 0.15) is 0 Å². The zero-order valence-corrected chi connectivity index (χ0v) is 10.5. The molecule has 1 aromatic heterocycles. The molecule has 7 nitrogen and oxygen atoms in total. The molecule has 98 valence electrons. The lowest BCUT2D eigenvalue weighted by Gasteiger charge is -2.09. The standard InChI is InChI=1S/C11H16N4O3/c1-6(2)14-9(16)5-13-11-12-4-8(10(17)18)7(3)15-11/h4,6H,5H2,1-3H3,(H,14,16)(H,17,18)(H,12,13,15). The molecule has 0 saturated carbocycles. The Balaban J connectivity index is 2.61. The molecule has 0 aliphatic heterocycles. The third kappa shape index (κ3) is 4.00. The lowest BCUT2D eigenvalue weighted by atomic mass is 10.2. The van der Waals surface area contributed by atoms with Crippen molar-refractivity contribution in [2.75, 3.05) is 11.9 Å². The molecule has 7 heteroatoms. The predicted molar refractivity (Wildman–Crippen MR) is 65.5 cm³/mol. The van der Waals surface area contributed by atoms with Crippen molar-refractivity contribution in [3.8, 4) is 0 Å². The van der Waals surface area contributed by atoms with Crippen molar-refractivity contribution in [2.24, 2.45) is 0 Å². The van der Waals surface area contributed by atoms with Crippen LogP contribution < -0.4 is 10.6 Å². The van der Waals surface area contributed by atoms with Crippen LogP contribution in [0.3, 0.4) is 0 Å². The highest BCUT2D eigenvalue weighted by atomic mass is 16.4. The number of carbonyl (C=O) groups excluding carboxylic acids is 1. The minimum absolute atomic E-state index is 0.0457. The van der Waals surface area contributed by atoms with E-state index in [-0.39, 0.29) is 30.0 Å². The van der Waals surface area contributed by atoms with E-state index in [2.05, 4.69) is 20.6 Å². The number of amides is 1. The molecule has 0 saturated heterocycles. The van der Waals surface area contributed by atoms with Crippen molar-refractivity contribution >= 4 is 17.8 Å². The molecule has 0 bridgehead atoms. The molecule has 1 amide bonds. The van der Waals surface area contributed by atoms with Crippen LogP contribution in [-0.4, -0.2) is 39.5 Å². The number of carbonyl (C=O) groups is 2. The molecule has 1 rings (SSSR count). The highest BCUT2D eigenvalue weighted by Gasteiger charge is 2.10. The number of nitrogens with one attached hydrogen (secondary N) is 2. The number of hydrogen-bond donors (Lipinski definition) is 3. The van der Waals surface area contributed by atoms with E-state index in [1.807, 2.05) is 13.8 Å². The van der Waals surface area contributed by atoms with Crippen LogP contribution in [-0.2, 0) is 4.79 Å². The maximum Gasteiger partial charge on any atom is 0.339 e. The molecule has 1 heterocycles. The number of hydrogen-bond acceptors (Lipinski definition) is 5. The number of aryl methyl sites for hydroxylation is 1. The average molecular weight is 252 g/mol. The summed E-state index contributed by atoms with van der Waals surface area (Å²) in [4.78, 5) is 29.9. The van der Waals surface area contributed by atoms with Gasteiger partial charge in [-0.25, -0.2) is 14.8 Å². The summed E-state index contributed by atoms with van der Waals surface area (Å²) in [6, 6.07) is 0.0661. The van der Waals surface area contributed by atoms with E-state index in [4.69, 9.17) is 5.11 Å². The first-order valence-corrected chi connectivity index (χ1v) is 5.50. The fourth-order valence-corrected chi connectivity index (χ4v) is 1.29. The molecule has 0 radical (unpaired) electrons. The maximum atomic E-state index is 11.4. The van der Waals surface area contributed by atoms with Gasteiger partial charge >= 0.3 is 5.97 Å². The Morgan fingerprint density at radius 2 is 2.11 bits per heavy atom. The smallest absolute Gasteiger partial charge is 0.339 e. The Bertz CT molecular complexity index is 460. The van der Waals surface area contributed by atoms with Crippen molar-refractivity contribution in [1.29, 1.82) is 0 Å². The number of aromatic carboxylic acids is 1. The predicted octanol–water partition coefficient (Wildman–Crippen LogP) is 0.420. The second kappa shape index (κ2) is 5.95. The number of anilines is 1. The first-order valence-electron chi connectivity index (χ1n) is 5.50. The van der Waals surface area contributed by atoms with Crippen molar-refractivity contribution in [3.63, 3.8) is 0 Å². The van der Waals surface area contributed by atoms with E-state index in [9.17, 15) is 9.59 Å². The van der Waals surface area contributed by atoms with E-state index in [1.54, 1.807) is 6.92 Å². The minimum atomic E-state index is -1.07. The summed E-state index contributed by atoms with van der Waals surface area (Å²) in [7, 11) is 0. The summed E-state index contributed by atoms with van der Waals surface area (Å²) >= 11 is 0. The Hall–Kier alpha value is -2.18. The SMILES string of the molecule is Cc1nc(NCC(=O)NC(C)C)ncc1C(=O)O. The fraction of sp³-hybridized carbons (Fsp3) is 0.455. The fourth-order valence-electron chi connectivity index (χ4n) is 1.29. The van der Waals surface area contributed by atoms with Crippen LogP contribution in [0.25, 0.3) is 0 Å². The van der Waals surface area contributed by atoms with Gasteiger partial charge in [0, 0.05) is 12.2 Å². The number of carboxylic acid groups (broad SMARTS) is 1. The topological polar surface area (TPSA) is 104 Å². The van der Waals surface area contributed by atoms with Crippen LogP contribution in [0, 0.1) is 6.92 Å². The van der Waals surface area contributed by atoms with Crippen LogP contribution in [0.5, 0.6) is 0 Å². The zero-order valence-electron chi connectivity index (χ0n) is 10.5. The van der Waals surface area contributed by atoms with E-state index in [0.717, 1.165) is 0 Å². The van der Waals surface area contributed by atoms with Crippen molar-refractivity contribution in [2.45, 2.75) is 26.8 Å². The first-order chi connectivity index (χ1) is 8.40. The lowest BCUT2D eigenvalue weighted by Crippen LogP contribution is -2.35. The van der Waals surface area contributed by atoms with Crippen LogP contribution in [0.1, 0.15) is 29.9 Å². The number of rotatable bonds is 5. The summed E-state index contributed by atoms with van der Waals surface area (Å²) in [5.41, 5.74) is 0.399. The van der Waals surface area contributed by atoms with Gasteiger partial charge in [-0.15, -0.1) is 0 Å². The second-order valence-electron chi connectivity index (χ2n) is 4.07. The van der Waals surface area contributed by atoms with Crippen molar-refractivity contribution in [3.05, 3.63) is 17.5 Å². The third-order valence-electron chi connectivity index (χ3n) is 2.07. The second-order valence-corrected chi connectivity index (χ2v) is 4.07. The molecule has 0 aliphatic rings. The highest BCUT2D eigenvalue weighted by molar-refractivity contribution is 5.88. The zero-order chi connectivity index (χ0) is 13.7. The Labute approximate surface area is 105 Å². The van der Waals surface area contributed by atoms with Gasteiger partial charge in [-0.2, -0.15) is 0 Å². The first kappa shape index (κ1) is 13.9. The molecule has 0 unspecified atom stereocenters. The molecule has 0 aliphatic carbocycles. The summed E-state index contributed by atoms with van der Waals surface area (Å²) in [6.45, 7) is 5.34. The van der Waals surface area contributed by atoms with Gasteiger partial charge in [0.05, 0.1) is 17.8 Å². The van der Waals surface area contributed by atoms with E-state index >= 15 is 0 Å². The lowest BCUT2D eigenvalue weighted by molar-refractivity contribution is -0.119. The molecular weight excluding hydrogens is 236 g/mol. The van der Waals surface area contributed by atoms with Gasteiger partial charge in [-0.3, -0.25) is 4.79 Å². The Morgan fingerprint density at radius 3 is 2.61 bits per heavy atom. The molecule has 0 aromatic carbocycles. The van der Waals surface area contributed by atoms with Crippen molar-refractivity contribution in [1.82, 2.24) is 15.3 Å². The van der Waals surface area contributed by atoms with Gasteiger partial charge in [0.2, 0.25) is 11.9 Å². The van der Waals surface area contributed by atoms with Crippen molar-refractivity contribution < 1.29 is 14.7 Å². The maximum absolute atomic E-state index is 11.4. The van der Waals surface area contributed by atoms with Crippen LogP contribution in [0.4, 0.5) is 5.95 Å². The highest BCUT2D eigenvalue weighted by Crippen LogP contribution is 2.06. The van der Waals surface area contributed by atoms with E-state index in [1.165, 1.54) is 6.20 Å². The third-order valence-corrected chi connectivity index (χ3v) is 2.07. The van der Waals surface area contributed by atoms with Crippen LogP contribution >= 0.6 is 0 Å². The van der Waals surface area contributed by atoms with Gasteiger partial charge < -0.3 is 15.7 Å². The Morgan fingerprint density at radius 1 is 1.44 bits per heavy atom. The molecular formula is C11H16N4O3. The molecule has 3 N–H and O–H groups in total. The summed E-state index contributed by atoms with van der Waals surface area (Å²) in [6.07, 6.45) is 1.22. The summed E-state index contributed by atoms with van der Waals surface area (Å²) in [5, 5.41) is 14.2. The summed E-state index contributed by atoms with van der Waals surface area (Å²) in [5.74, 6) is -1.01. The molecule has 0 fully saturated rings. The van der Waals surface area contributed by atoms with Gasteiger partial charge in [0.15, 0.2) is 0 Å². The number of aromatic nitrogens is 2. The molecule has 0 atom stereocenters. The van der Waals surface area contributed by atoms with E-state index in [0.29, 0.717) is 5.69 Å². The Kier molecular flexibility index (Phi) is 4.59. The number of nitrogens with zero attached hydrogens (tertiary/aromatic N) is 2. The van der Waals surface area contributed by atoms with Crippen LogP contribution in [0.15, 0.2) is 6.20 Å². The molecule has 18 heavy (non-hydrogen) atoms. The largest absolute Gasteiger partial charge is 0.478 e. The average Bonchev–Trinajstić information content (AvgIpc) is 2.25. The monoisotopic (exact) mass is 252 g/mol. The molecule has 1 aromatic rings. The minimum Gasteiger partial charge on any atom is -0.478 e. The quantitative estimate of drug-likeness (QED) is 0.701. The van der Waals surface area contributed by atoms with Crippen LogP contribution in [0.2, 0.25) is 0 Å². The van der Waals surface area contributed by atoms with Gasteiger partial charge in [-0.05, 0) is 20.8 Å². The molecule has 0 spiro atoms. The normalized spacial score (nSPS) is 10.2. The van der Waals surface area contributed by atoms with Gasteiger partial charge in [-0.1, -0.05) is 0 Å². The number of carboxylic acids is 1.